The highest BCUT2D eigenvalue weighted by atomic mass is 35.5. The van der Waals surface area contributed by atoms with Gasteiger partial charge in [0.15, 0.2) is 0 Å². The lowest BCUT2D eigenvalue weighted by atomic mass is 9.95. The summed E-state index contributed by atoms with van der Waals surface area (Å²) in [6.07, 6.45) is -7.23. The average Bonchev–Trinajstić information content (AvgIpc) is 3.30. The summed E-state index contributed by atoms with van der Waals surface area (Å²) in [4.78, 5) is 16.0. The molecule has 1 aliphatic rings. The van der Waals surface area contributed by atoms with Crippen LogP contribution in [0.15, 0.2) is 58.1 Å². The lowest BCUT2D eigenvalue weighted by Gasteiger charge is -2.30. The number of aromatic nitrogens is 2. The van der Waals surface area contributed by atoms with Gasteiger partial charge in [-0.15, -0.1) is 10.2 Å². The van der Waals surface area contributed by atoms with E-state index in [0.717, 1.165) is 4.90 Å². The Labute approximate surface area is 232 Å². The number of hydrogen-bond donors (Lipinski definition) is 1. The van der Waals surface area contributed by atoms with Gasteiger partial charge in [0.2, 0.25) is 11.8 Å². The number of benzene rings is 2. The highest BCUT2D eigenvalue weighted by molar-refractivity contribution is 6.30. The molecule has 1 unspecified atom stereocenters. The molecule has 2 heterocycles. The van der Waals surface area contributed by atoms with Crippen LogP contribution in [0, 0.1) is 6.92 Å². The van der Waals surface area contributed by atoms with Crippen LogP contribution in [0.1, 0.15) is 41.0 Å². The molecule has 0 spiro atoms. The van der Waals surface area contributed by atoms with E-state index >= 15 is 0 Å². The molecule has 9 nitrogen and oxygen atoms in total. The number of hydrogen-bond acceptors (Lipinski definition) is 7. The van der Waals surface area contributed by atoms with Crippen LogP contribution in [-0.4, -0.2) is 53.5 Å². The van der Waals surface area contributed by atoms with Gasteiger partial charge in [-0.2, -0.15) is 13.2 Å². The van der Waals surface area contributed by atoms with E-state index in [9.17, 15) is 18.0 Å². The average molecular weight is 579 g/mol. The summed E-state index contributed by atoms with van der Waals surface area (Å²) < 4.78 is 60.1. The minimum absolute atomic E-state index is 0.00481. The predicted molar refractivity (Wildman–Crippen MR) is 141 cm³/mol. The third-order valence-corrected chi connectivity index (χ3v) is 6.64. The van der Waals surface area contributed by atoms with Gasteiger partial charge in [-0.1, -0.05) is 30.3 Å². The first kappa shape index (κ1) is 29.1. The molecule has 1 aliphatic heterocycles. The molecule has 0 radical (unpaired) electrons. The summed E-state index contributed by atoms with van der Waals surface area (Å²) in [5, 5.41) is 17.1. The quantitative estimate of drug-likeness (QED) is 0.362. The van der Waals surface area contributed by atoms with Crippen molar-refractivity contribution in [2.24, 2.45) is 4.99 Å². The SMILES string of the molecule is C=C(N1C(=NC)[C@@H](Cc2nnc(CCC(=O)O)o2)OC(c2cccc(OC)c2C)c2cc(Cl)ccc21)C(F)(F)F. The molecule has 40 heavy (non-hydrogen) atoms. The van der Waals surface area contributed by atoms with Crippen LogP contribution < -0.4 is 9.64 Å². The third-order valence-electron chi connectivity index (χ3n) is 6.41. The number of allylic oxidation sites excluding steroid dienone is 1. The van der Waals surface area contributed by atoms with E-state index in [1.54, 1.807) is 24.3 Å². The Morgan fingerprint density at radius 2 is 1.95 bits per heavy atom. The highest BCUT2D eigenvalue weighted by Crippen LogP contribution is 2.45. The van der Waals surface area contributed by atoms with Gasteiger partial charge in [-0.05, 0) is 42.3 Å². The molecular formula is C27H26ClF3N4O5. The van der Waals surface area contributed by atoms with Crippen LogP contribution in [-0.2, 0) is 22.4 Å². The maximum atomic E-state index is 14.2. The topological polar surface area (TPSA) is 110 Å². The zero-order valence-electron chi connectivity index (χ0n) is 21.8. The van der Waals surface area contributed by atoms with Crippen molar-refractivity contribution in [3.05, 3.63) is 82.2 Å². The first-order chi connectivity index (χ1) is 18.9. The fourth-order valence-corrected chi connectivity index (χ4v) is 4.70. The number of aryl methyl sites for hydroxylation is 1. The van der Waals surface area contributed by atoms with Gasteiger partial charge in [0, 0.05) is 24.1 Å². The zero-order valence-corrected chi connectivity index (χ0v) is 22.6. The van der Waals surface area contributed by atoms with E-state index < -0.39 is 30.1 Å². The Balaban J connectivity index is 1.89. The maximum absolute atomic E-state index is 14.2. The van der Waals surface area contributed by atoms with Crippen molar-refractivity contribution in [1.29, 1.82) is 0 Å². The van der Waals surface area contributed by atoms with Crippen molar-refractivity contribution in [2.45, 2.75) is 44.6 Å². The maximum Gasteiger partial charge on any atom is 0.431 e. The number of carboxylic acids is 1. The van der Waals surface area contributed by atoms with E-state index in [2.05, 4.69) is 21.8 Å². The van der Waals surface area contributed by atoms with E-state index in [1.165, 1.54) is 26.3 Å². The van der Waals surface area contributed by atoms with E-state index in [1.807, 2.05) is 6.92 Å². The summed E-state index contributed by atoms with van der Waals surface area (Å²) in [6.45, 7) is 5.16. The second-order valence-corrected chi connectivity index (χ2v) is 9.37. The molecule has 2 atom stereocenters. The fraction of sp³-hybridized carbons (Fsp3) is 0.333. The molecule has 0 fully saturated rings. The second kappa shape index (κ2) is 11.7. The molecule has 3 aromatic rings. The van der Waals surface area contributed by atoms with Gasteiger partial charge in [0.25, 0.3) is 0 Å². The molecule has 0 saturated heterocycles. The first-order valence-electron chi connectivity index (χ1n) is 12.1. The number of alkyl halides is 3. The molecule has 0 saturated carbocycles. The Hall–Kier alpha value is -3.90. The van der Waals surface area contributed by atoms with Crippen LogP contribution in [0.2, 0.25) is 5.02 Å². The summed E-state index contributed by atoms with van der Waals surface area (Å²) in [6, 6.07) is 9.79. The normalized spacial score (nSPS) is 18.4. The van der Waals surface area contributed by atoms with Crippen molar-refractivity contribution in [3.8, 4) is 5.75 Å². The molecule has 0 bridgehead atoms. The number of methoxy groups -OCH3 is 1. The molecule has 212 valence electrons. The number of rotatable bonds is 8. The number of anilines is 1. The van der Waals surface area contributed by atoms with Gasteiger partial charge >= 0.3 is 12.1 Å². The number of fused-ring (bicyclic) bond motifs is 1. The van der Waals surface area contributed by atoms with E-state index in [-0.39, 0.29) is 42.6 Å². The van der Waals surface area contributed by atoms with Crippen LogP contribution in [0.5, 0.6) is 5.75 Å². The molecule has 0 aliphatic carbocycles. The predicted octanol–water partition coefficient (Wildman–Crippen LogP) is 5.70. The summed E-state index contributed by atoms with van der Waals surface area (Å²) in [7, 11) is 2.86. The van der Waals surface area contributed by atoms with Crippen LogP contribution >= 0.6 is 11.6 Å². The molecule has 1 aromatic heterocycles. The van der Waals surface area contributed by atoms with E-state index in [0.29, 0.717) is 27.5 Å². The molecule has 0 amide bonds. The minimum atomic E-state index is -4.81. The molecule has 4 rings (SSSR count). The molecular weight excluding hydrogens is 553 g/mol. The van der Waals surface area contributed by atoms with Gasteiger partial charge < -0.3 is 19.0 Å². The second-order valence-electron chi connectivity index (χ2n) is 8.93. The lowest BCUT2D eigenvalue weighted by Crippen LogP contribution is -2.43. The number of halogens is 4. The summed E-state index contributed by atoms with van der Waals surface area (Å²) in [5.41, 5.74) is 0.656. The number of carbonyl (C=O) groups is 1. The lowest BCUT2D eigenvalue weighted by molar-refractivity contribution is -0.137. The number of ether oxygens (including phenoxy) is 2. The van der Waals surface area contributed by atoms with Crippen molar-refractivity contribution < 1.29 is 37.0 Å². The van der Waals surface area contributed by atoms with Crippen molar-refractivity contribution in [3.63, 3.8) is 0 Å². The Kier molecular flexibility index (Phi) is 8.50. The Morgan fingerprint density at radius 1 is 1.23 bits per heavy atom. The number of amidine groups is 1. The standard InChI is InChI=1S/C27H26ClF3N4O5/c1-14-17(6-5-7-20(14)38-4)25-18-12-16(28)8-9-19(18)35(15(2)27(29,30)31)26(32-3)21(39-25)13-23-34-33-22(40-23)10-11-24(36)37/h5-9,12,21,25H,2,10-11,13H2,1,3-4H3,(H,36,37)/t21-,25?/m1/s1. The van der Waals surface area contributed by atoms with Gasteiger partial charge in [-0.25, -0.2) is 0 Å². The summed E-state index contributed by atoms with van der Waals surface area (Å²) in [5.74, 6) is -0.464. The van der Waals surface area contributed by atoms with Crippen LogP contribution in [0.3, 0.4) is 0 Å². The number of carboxylic acid groups (broad SMARTS) is 1. The van der Waals surface area contributed by atoms with Gasteiger partial charge in [-0.3, -0.25) is 14.7 Å². The first-order valence-corrected chi connectivity index (χ1v) is 12.5. The smallest absolute Gasteiger partial charge is 0.431 e. The van der Waals surface area contributed by atoms with Gasteiger partial charge in [0.1, 0.15) is 29.5 Å². The Bertz CT molecular complexity index is 1460. The number of nitrogens with zero attached hydrogens (tertiary/aromatic N) is 4. The monoisotopic (exact) mass is 578 g/mol. The number of aliphatic imine (C=N–C) groups is 1. The third kappa shape index (κ3) is 5.97. The largest absolute Gasteiger partial charge is 0.496 e. The van der Waals surface area contributed by atoms with E-state index in [4.69, 9.17) is 30.6 Å². The molecule has 1 N–H and O–H groups in total. The van der Waals surface area contributed by atoms with Crippen molar-refractivity contribution in [1.82, 2.24) is 10.2 Å². The number of aliphatic carboxylic acids is 1. The van der Waals surface area contributed by atoms with Crippen LogP contribution in [0.4, 0.5) is 18.9 Å². The van der Waals surface area contributed by atoms with Crippen molar-refractivity contribution >= 4 is 29.1 Å². The zero-order chi connectivity index (χ0) is 29.2. The highest BCUT2D eigenvalue weighted by Gasteiger charge is 2.44. The molecule has 2 aromatic carbocycles. The van der Waals surface area contributed by atoms with Crippen molar-refractivity contribution in [2.75, 3.05) is 19.1 Å². The summed E-state index contributed by atoms with van der Waals surface area (Å²) >= 11 is 6.34. The minimum Gasteiger partial charge on any atom is -0.496 e. The molecule has 13 heteroatoms. The Morgan fingerprint density at radius 3 is 2.60 bits per heavy atom. The van der Waals surface area contributed by atoms with Gasteiger partial charge in [0.05, 0.1) is 25.6 Å². The fourth-order valence-electron chi connectivity index (χ4n) is 4.52. The van der Waals surface area contributed by atoms with Crippen LogP contribution in [0.25, 0.3) is 0 Å².